The molecule has 0 nitrogen and oxygen atoms in total. The lowest BCUT2D eigenvalue weighted by Crippen LogP contribution is -1.95. The van der Waals surface area contributed by atoms with Crippen LogP contribution in [-0.2, 0) is 0 Å². The first kappa shape index (κ1) is 42.6. The molecule has 0 bridgehead atoms. The van der Waals surface area contributed by atoms with Gasteiger partial charge in [0.15, 0.2) is 0 Å². The van der Waals surface area contributed by atoms with Crippen LogP contribution in [0.2, 0.25) is 0 Å². The summed E-state index contributed by atoms with van der Waals surface area (Å²) >= 11 is 0. The number of fused-ring (bicyclic) bond motifs is 13. The number of benzene rings is 15. The molecule has 1 aliphatic carbocycles. The maximum atomic E-state index is 2.57. The molecule has 0 radical (unpaired) electrons. The first-order valence-corrected chi connectivity index (χ1v) is 27.7. The van der Waals surface area contributed by atoms with E-state index >= 15 is 0 Å². The molecule has 0 fully saturated rings. The van der Waals surface area contributed by atoms with Gasteiger partial charge in [-0.1, -0.05) is 206 Å². The van der Waals surface area contributed by atoms with Crippen molar-refractivity contribution in [2.45, 2.75) is 27.7 Å². The highest BCUT2D eigenvalue weighted by Crippen LogP contribution is 2.62. The van der Waals surface area contributed by atoms with E-state index in [1.807, 2.05) is 0 Å². The third kappa shape index (κ3) is 5.21. The zero-order chi connectivity index (χ0) is 51.4. The minimum atomic E-state index is 1.28. The highest BCUT2D eigenvalue weighted by atomic mass is 14.4. The number of hydrogen-bond donors (Lipinski definition) is 0. The van der Waals surface area contributed by atoms with Crippen LogP contribution < -0.4 is 0 Å². The largest absolute Gasteiger partial charge is 0.0620 e. The molecule has 18 rings (SSSR count). The summed E-state index contributed by atoms with van der Waals surface area (Å²) in [5.41, 5.74) is 21.0. The van der Waals surface area contributed by atoms with Gasteiger partial charge in [0.1, 0.15) is 0 Å². The van der Waals surface area contributed by atoms with Crippen LogP contribution >= 0.6 is 0 Å². The fourth-order valence-corrected chi connectivity index (χ4v) is 15.5. The van der Waals surface area contributed by atoms with Gasteiger partial charge in [-0.2, -0.15) is 0 Å². The Bertz CT molecular complexity index is 5200. The molecule has 17 aromatic rings. The van der Waals surface area contributed by atoms with Crippen molar-refractivity contribution in [1.82, 2.24) is 0 Å². The first-order valence-electron chi connectivity index (χ1n) is 27.7. The first-order chi connectivity index (χ1) is 38.4. The Morgan fingerprint density at radius 1 is 0.167 bits per heavy atom. The molecule has 0 atom stereocenters. The predicted octanol–water partition coefficient (Wildman–Crippen LogP) is 22.2. The molecule has 0 aromatic heterocycles. The van der Waals surface area contributed by atoms with E-state index in [2.05, 4.69) is 246 Å². The number of rotatable bonds is 4. The van der Waals surface area contributed by atoms with Crippen molar-refractivity contribution < 1.29 is 0 Å². The van der Waals surface area contributed by atoms with Crippen molar-refractivity contribution in [2.24, 2.45) is 0 Å². The smallest absolute Gasteiger partial charge is 0.000730 e. The molecule has 0 heterocycles. The summed E-state index contributed by atoms with van der Waals surface area (Å²) < 4.78 is 0. The molecule has 0 N–H and O–H groups in total. The molecule has 0 unspecified atom stereocenters. The van der Waals surface area contributed by atoms with Crippen molar-refractivity contribution in [1.29, 1.82) is 0 Å². The summed E-state index contributed by atoms with van der Waals surface area (Å²) in [5, 5.41) is 29.2. The third-order valence-corrected chi connectivity index (χ3v) is 18.8. The average Bonchev–Trinajstić information content (AvgIpc) is 4.27. The Kier molecular flexibility index (Phi) is 8.23. The van der Waals surface area contributed by atoms with Gasteiger partial charge in [0.25, 0.3) is 0 Å². The van der Waals surface area contributed by atoms with Crippen LogP contribution in [0.4, 0.5) is 0 Å². The van der Waals surface area contributed by atoms with Gasteiger partial charge in [-0.25, -0.2) is 0 Å². The topological polar surface area (TPSA) is 0 Å². The highest BCUT2D eigenvalue weighted by molar-refractivity contribution is 6.48. The number of aryl methyl sites for hydroxylation is 4. The predicted molar refractivity (Wildman–Crippen MR) is 338 cm³/mol. The van der Waals surface area contributed by atoms with Crippen molar-refractivity contribution in [3.63, 3.8) is 0 Å². The average molecular weight is 985 g/mol. The van der Waals surface area contributed by atoms with E-state index in [1.165, 1.54) is 208 Å². The van der Waals surface area contributed by atoms with Gasteiger partial charge in [-0.3, -0.25) is 0 Å². The lowest BCUT2D eigenvalue weighted by Gasteiger charge is -2.22. The Morgan fingerprint density at radius 2 is 0.487 bits per heavy atom. The zero-order valence-electron chi connectivity index (χ0n) is 43.8. The van der Waals surface area contributed by atoms with Gasteiger partial charge < -0.3 is 0 Å². The van der Waals surface area contributed by atoms with E-state index < -0.39 is 0 Å². The summed E-state index contributed by atoms with van der Waals surface area (Å²) in [4.78, 5) is 0. The van der Waals surface area contributed by atoms with E-state index in [4.69, 9.17) is 0 Å². The molecule has 360 valence electrons. The lowest BCUT2D eigenvalue weighted by molar-refractivity contribution is 1.46. The summed E-state index contributed by atoms with van der Waals surface area (Å²) in [7, 11) is 0. The van der Waals surface area contributed by atoms with Gasteiger partial charge in [-0.15, -0.1) is 0 Å². The quantitative estimate of drug-likeness (QED) is 0.122. The second-order valence-electron chi connectivity index (χ2n) is 22.6. The van der Waals surface area contributed by atoms with E-state index in [0.29, 0.717) is 0 Å². The maximum absolute atomic E-state index is 2.57. The standard InChI is InChI=1S/C78H48/c1-41-17-5-9-23-46(41)67-50-27-13-14-28-51(50)68(47-24-10-6-18-42(47)2)76-59-36-32-55-57-34-38-61-74-60(37-33-56(72(57)74)54-31-35-58(75(67)76)73(59)71(54)55)77-69(48-25-11-7-19-43(48)3)64-39-62-52-29-15-21-45-22-16-30-53(66(45)52)63(62)40-65(64)70(78(61)77)49-26-12-8-20-44(49)4/h5-40H,1-4H3. The van der Waals surface area contributed by atoms with Crippen LogP contribution in [0.25, 0.3) is 185 Å². The van der Waals surface area contributed by atoms with Crippen LogP contribution in [0.1, 0.15) is 22.3 Å². The fourth-order valence-electron chi connectivity index (χ4n) is 15.5. The van der Waals surface area contributed by atoms with Crippen molar-refractivity contribution >= 4 is 118 Å². The SMILES string of the molecule is Cc1ccccc1-c1c2c(c(-c3ccccc3C)c3ccccc13)-c1ccc3c4ccc5c6c(-c7ccccc7C)c7cc8c(cc7c(-c7ccccc7C)c6c6ccc(c7ccc-2c1c73)c4c65)c1cccc2cccc8c21. The molecule has 0 spiro atoms. The minimum Gasteiger partial charge on any atom is -0.0620 e. The molecule has 0 heteroatoms. The summed E-state index contributed by atoms with van der Waals surface area (Å²) in [6.45, 7) is 9.14. The van der Waals surface area contributed by atoms with Crippen LogP contribution in [0.5, 0.6) is 0 Å². The van der Waals surface area contributed by atoms with E-state index in [0.717, 1.165) is 0 Å². The second-order valence-corrected chi connectivity index (χ2v) is 22.6. The molecule has 78 heavy (non-hydrogen) atoms. The summed E-state index contributed by atoms with van der Waals surface area (Å²) in [6.07, 6.45) is 0. The summed E-state index contributed by atoms with van der Waals surface area (Å²) in [5.74, 6) is 0. The van der Waals surface area contributed by atoms with Gasteiger partial charge in [0, 0.05) is 0 Å². The van der Waals surface area contributed by atoms with Crippen molar-refractivity contribution in [3.8, 4) is 66.8 Å². The molecule has 0 amide bonds. The Hall–Kier alpha value is -9.62. The lowest BCUT2D eigenvalue weighted by atomic mass is 9.81. The zero-order valence-corrected chi connectivity index (χ0v) is 43.8. The Labute approximate surface area is 451 Å². The van der Waals surface area contributed by atoms with Crippen LogP contribution in [0.3, 0.4) is 0 Å². The third-order valence-electron chi connectivity index (χ3n) is 18.8. The van der Waals surface area contributed by atoms with Gasteiger partial charge >= 0.3 is 0 Å². The molecule has 0 saturated carbocycles. The molecule has 1 aliphatic rings. The van der Waals surface area contributed by atoms with Gasteiger partial charge in [-0.05, 0) is 247 Å². The van der Waals surface area contributed by atoms with Crippen molar-refractivity contribution in [2.75, 3.05) is 0 Å². The molecule has 0 aliphatic heterocycles. The normalized spacial score (nSPS) is 12.6. The minimum absolute atomic E-state index is 1.28. The van der Waals surface area contributed by atoms with E-state index in [-0.39, 0.29) is 0 Å². The number of hydrogen-bond acceptors (Lipinski definition) is 0. The van der Waals surface area contributed by atoms with E-state index in [9.17, 15) is 0 Å². The van der Waals surface area contributed by atoms with E-state index in [1.54, 1.807) is 0 Å². The molecule has 17 aromatic carbocycles. The van der Waals surface area contributed by atoms with Crippen LogP contribution in [0.15, 0.2) is 218 Å². The molecular weight excluding hydrogens is 937 g/mol. The Balaban J connectivity index is 1.02. The monoisotopic (exact) mass is 984 g/mol. The summed E-state index contributed by atoms with van der Waals surface area (Å²) in [6, 6.07) is 84.0. The van der Waals surface area contributed by atoms with Gasteiger partial charge in [0.05, 0.1) is 0 Å². The highest BCUT2D eigenvalue weighted by Gasteiger charge is 2.34. The Morgan fingerprint density at radius 3 is 0.910 bits per heavy atom. The van der Waals surface area contributed by atoms with Gasteiger partial charge in [0.2, 0.25) is 0 Å². The van der Waals surface area contributed by atoms with Crippen LogP contribution in [-0.4, -0.2) is 0 Å². The second kappa shape index (κ2) is 15.1. The van der Waals surface area contributed by atoms with Crippen molar-refractivity contribution in [3.05, 3.63) is 241 Å². The fraction of sp³-hybridized carbons (Fsp3) is 0.0513. The van der Waals surface area contributed by atoms with Crippen LogP contribution in [0, 0.1) is 27.7 Å². The molecule has 0 saturated heterocycles. The molecular formula is C78H48. The maximum Gasteiger partial charge on any atom is -0.000730 e.